The Bertz CT molecular complexity index is 471. The van der Waals surface area contributed by atoms with Crippen molar-refractivity contribution in [1.29, 1.82) is 0 Å². The molecule has 1 aliphatic carbocycles. The molecule has 21 heavy (non-hydrogen) atoms. The van der Waals surface area contributed by atoms with E-state index < -0.39 is 0 Å². The summed E-state index contributed by atoms with van der Waals surface area (Å²) in [5.74, 6) is 0. The summed E-state index contributed by atoms with van der Waals surface area (Å²) in [4.78, 5) is 4.92. The van der Waals surface area contributed by atoms with Gasteiger partial charge in [0.1, 0.15) is 0 Å². The molecule has 2 fully saturated rings. The standard InChI is InChI=1S/C18H29N3/c1-14-12-18(7-4-15(14)13-19-16-5-6-16)21-10-8-17(9-11-21)20(2)3/h4,7,12,16-17,19H,5-6,8-11,13H2,1-3H3. The predicted octanol–water partition coefficient (Wildman–Crippen LogP) is 2.78. The molecular formula is C18H29N3. The van der Waals surface area contributed by atoms with E-state index >= 15 is 0 Å². The zero-order valence-electron chi connectivity index (χ0n) is 13.7. The predicted molar refractivity (Wildman–Crippen MR) is 90.0 cm³/mol. The van der Waals surface area contributed by atoms with Gasteiger partial charge in [0.25, 0.3) is 0 Å². The van der Waals surface area contributed by atoms with Crippen LogP contribution in [-0.2, 0) is 6.54 Å². The number of anilines is 1. The van der Waals surface area contributed by atoms with Gasteiger partial charge in [-0.1, -0.05) is 6.07 Å². The number of hydrogen-bond acceptors (Lipinski definition) is 3. The summed E-state index contributed by atoms with van der Waals surface area (Å²) >= 11 is 0. The number of benzene rings is 1. The van der Waals surface area contributed by atoms with Gasteiger partial charge in [-0.3, -0.25) is 0 Å². The first-order valence-corrected chi connectivity index (χ1v) is 8.38. The Morgan fingerprint density at radius 2 is 1.86 bits per heavy atom. The van der Waals surface area contributed by atoms with E-state index in [1.165, 1.54) is 55.6 Å². The van der Waals surface area contributed by atoms with Gasteiger partial charge in [-0.15, -0.1) is 0 Å². The van der Waals surface area contributed by atoms with Crippen molar-refractivity contribution in [3.8, 4) is 0 Å². The van der Waals surface area contributed by atoms with Crippen LogP contribution in [0.4, 0.5) is 5.69 Å². The Balaban J connectivity index is 1.59. The lowest BCUT2D eigenvalue weighted by atomic mass is 10.0. The Hall–Kier alpha value is -1.06. The fourth-order valence-corrected chi connectivity index (χ4v) is 3.26. The summed E-state index contributed by atoms with van der Waals surface area (Å²) in [6.45, 7) is 5.64. The maximum Gasteiger partial charge on any atom is 0.0369 e. The van der Waals surface area contributed by atoms with Gasteiger partial charge in [0, 0.05) is 37.4 Å². The molecule has 0 aromatic heterocycles. The molecule has 116 valence electrons. The molecule has 0 bridgehead atoms. The van der Waals surface area contributed by atoms with Gasteiger partial charge >= 0.3 is 0 Å². The van der Waals surface area contributed by atoms with Crippen molar-refractivity contribution in [2.75, 3.05) is 32.1 Å². The number of aryl methyl sites for hydroxylation is 1. The van der Waals surface area contributed by atoms with E-state index in [4.69, 9.17) is 0 Å². The van der Waals surface area contributed by atoms with E-state index in [1.807, 2.05) is 0 Å². The molecule has 1 saturated heterocycles. The summed E-state index contributed by atoms with van der Waals surface area (Å²) < 4.78 is 0. The van der Waals surface area contributed by atoms with Crippen LogP contribution in [0.5, 0.6) is 0 Å². The molecule has 1 aliphatic heterocycles. The third-order valence-corrected chi connectivity index (χ3v) is 5.04. The SMILES string of the molecule is Cc1cc(N2CCC(N(C)C)CC2)ccc1CNC1CC1. The van der Waals surface area contributed by atoms with Crippen molar-refractivity contribution < 1.29 is 0 Å². The second-order valence-corrected chi connectivity index (χ2v) is 6.95. The van der Waals surface area contributed by atoms with Crippen molar-refractivity contribution in [3.05, 3.63) is 29.3 Å². The highest BCUT2D eigenvalue weighted by Gasteiger charge is 2.22. The van der Waals surface area contributed by atoms with Crippen molar-refractivity contribution >= 4 is 5.69 Å². The second-order valence-electron chi connectivity index (χ2n) is 6.95. The fourth-order valence-electron chi connectivity index (χ4n) is 3.26. The van der Waals surface area contributed by atoms with Crippen molar-refractivity contribution in [2.45, 2.75) is 51.2 Å². The minimum atomic E-state index is 0.754. The number of hydrogen-bond donors (Lipinski definition) is 1. The van der Waals surface area contributed by atoms with E-state index in [1.54, 1.807) is 0 Å². The Morgan fingerprint density at radius 1 is 1.14 bits per heavy atom. The summed E-state index contributed by atoms with van der Waals surface area (Å²) in [6.07, 6.45) is 5.27. The number of piperidine rings is 1. The van der Waals surface area contributed by atoms with E-state index in [0.29, 0.717) is 0 Å². The molecule has 3 heteroatoms. The lowest BCUT2D eigenvalue weighted by Gasteiger charge is -2.36. The lowest BCUT2D eigenvalue weighted by Crippen LogP contribution is -2.42. The first-order valence-electron chi connectivity index (χ1n) is 8.38. The minimum absolute atomic E-state index is 0.754. The van der Waals surface area contributed by atoms with Crippen LogP contribution >= 0.6 is 0 Å². The van der Waals surface area contributed by atoms with Crippen molar-refractivity contribution in [3.63, 3.8) is 0 Å². The average Bonchev–Trinajstić information content (AvgIpc) is 3.30. The molecule has 3 nitrogen and oxygen atoms in total. The van der Waals surface area contributed by atoms with Gasteiger partial charge < -0.3 is 15.1 Å². The van der Waals surface area contributed by atoms with Crippen LogP contribution in [0.1, 0.15) is 36.8 Å². The monoisotopic (exact) mass is 287 g/mol. The average molecular weight is 287 g/mol. The van der Waals surface area contributed by atoms with E-state index in [2.05, 4.69) is 54.3 Å². The van der Waals surface area contributed by atoms with Crippen molar-refractivity contribution in [2.24, 2.45) is 0 Å². The van der Waals surface area contributed by atoms with Crippen LogP contribution < -0.4 is 10.2 Å². The second kappa shape index (κ2) is 6.37. The normalized spacial score (nSPS) is 20.3. The molecule has 1 aromatic carbocycles. The smallest absolute Gasteiger partial charge is 0.0369 e. The Morgan fingerprint density at radius 3 is 2.43 bits per heavy atom. The zero-order valence-corrected chi connectivity index (χ0v) is 13.7. The fraction of sp³-hybridized carbons (Fsp3) is 0.667. The maximum atomic E-state index is 3.61. The molecule has 0 radical (unpaired) electrons. The molecule has 3 rings (SSSR count). The highest BCUT2D eigenvalue weighted by molar-refractivity contribution is 5.51. The first-order chi connectivity index (χ1) is 10.1. The lowest BCUT2D eigenvalue weighted by molar-refractivity contribution is 0.249. The first kappa shape index (κ1) is 14.9. The maximum absolute atomic E-state index is 3.61. The Kier molecular flexibility index (Phi) is 4.51. The zero-order chi connectivity index (χ0) is 14.8. The Labute approximate surface area is 129 Å². The van der Waals surface area contributed by atoms with Crippen LogP contribution in [-0.4, -0.2) is 44.2 Å². The molecule has 1 saturated carbocycles. The molecule has 1 N–H and O–H groups in total. The summed E-state index contributed by atoms with van der Waals surface area (Å²) in [7, 11) is 4.40. The molecule has 0 spiro atoms. The van der Waals surface area contributed by atoms with Gasteiger partial charge in [-0.25, -0.2) is 0 Å². The van der Waals surface area contributed by atoms with E-state index in [9.17, 15) is 0 Å². The van der Waals surface area contributed by atoms with E-state index in [0.717, 1.165) is 18.6 Å². The van der Waals surface area contributed by atoms with Crippen LogP contribution in [0.15, 0.2) is 18.2 Å². The third-order valence-electron chi connectivity index (χ3n) is 5.04. The molecule has 0 amide bonds. The molecule has 1 aromatic rings. The summed E-state index contributed by atoms with van der Waals surface area (Å²) in [6, 6.07) is 8.55. The van der Waals surface area contributed by atoms with Crippen LogP contribution in [0.2, 0.25) is 0 Å². The molecule has 2 aliphatic rings. The van der Waals surface area contributed by atoms with Gasteiger partial charge in [0.05, 0.1) is 0 Å². The summed E-state index contributed by atoms with van der Waals surface area (Å²) in [5, 5.41) is 3.61. The number of nitrogens with zero attached hydrogens (tertiary/aromatic N) is 2. The van der Waals surface area contributed by atoms with E-state index in [-0.39, 0.29) is 0 Å². The summed E-state index contributed by atoms with van der Waals surface area (Å²) in [5.41, 5.74) is 4.28. The molecule has 1 heterocycles. The largest absolute Gasteiger partial charge is 0.371 e. The number of rotatable bonds is 5. The molecular weight excluding hydrogens is 258 g/mol. The quantitative estimate of drug-likeness (QED) is 0.898. The van der Waals surface area contributed by atoms with Gasteiger partial charge in [-0.2, -0.15) is 0 Å². The van der Waals surface area contributed by atoms with Crippen LogP contribution in [0, 0.1) is 6.92 Å². The highest BCUT2D eigenvalue weighted by atomic mass is 15.2. The highest BCUT2D eigenvalue weighted by Crippen LogP contribution is 2.25. The van der Waals surface area contributed by atoms with Gasteiger partial charge in [-0.05, 0) is 70.0 Å². The topological polar surface area (TPSA) is 18.5 Å². The molecule has 0 atom stereocenters. The minimum Gasteiger partial charge on any atom is -0.371 e. The van der Waals surface area contributed by atoms with Crippen LogP contribution in [0.25, 0.3) is 0 Å². The molecule has 0 unspecified atom stereocenters. The number of nitrogens with one attached hydrogen (secondary N) is 1. The third kappa shape index (κ3) is 3.78. The van der Waals surface area contributed by atoms with Crippen molar-refractivity contribution in [1.82, 2.24) is 10.2 Å². The van der Waals surface area contributed by atoms with Crippen LogP contribution in [0.3, 0.4) is 0 Å². The van der Waals surface area contributed by atoms with Gasteiger partial charge in [0.15, 0.2) is 0 Å². The van der Waals surface area contributed by atoms with Gasteiger partial charge in [0.2, 0.25) is 0 Å².